The van der Waals surface area contributed by atoms with Crippen LogP contribution < -0.4 is 10.6 Å². The van der Waals surface area contributed by atoms with Crippen molar-refractivity contribution in [1.29, 1.82) is 0 Å². The van der Waals surface area contributed by atoms with E-state index in [-0.39, 0.29) is 0 Å². The van der Waals surface area contributed by atoms with Gasteiger partial charge in [0.1, 0.15) is 0 Å². The first kappa shape index (κ1) is 14.6. The predicted molar refractivity (Wildman–Crippen MR) is 71.4 cm³/mol. The van der Waals surface area contributed by atoms with Gasteiger partial charge in [-0.25, -0.2) is 0 Å². The molecule has 0 bridgehead atoms. The topological polar surface area (TPSA) is 24.1 Å². The van der Waals surface area contributed by atoms with E-state index in [1.54, 1.807) is 0 Å². The van der Waals surface area contributed by atoms with E-state index in [4.69, 9.17) is 0 Å². The smallest absolute Gasteiger partial charge is 0.0500 e. The van der Waals surface area contributed by atoms with E-state index in [1.807, 2.05) is 23.5 Å². The Labute approximate surface area is 97.4 Å². The molecule has 0 rings (SSSR count). The molecule has 0 aliphatic carbocycles. The fourth-order valence-corrected chi connectivity index (χ4v) is 1.95. The van der Waals surface area contributed by atoms with Crippen molar-refractivity contribution in [2.45, 2.75) is 32.2 Å². The van der Waals surface area contributed by atoms with Crippen LogP contribution in [0.4, 0.5) is 0 Å². The molecule has 0 aliphatic heterocycles. The molecule has 0 aromatic heterocycles. The van der Waals surface area contributed by atoms with Crippen LogP contribution in [0.5, 0.6) is 0 Å². The third-order valence-electron chi connectivity index (χ3n) is 1.83. The van der Waals surface area contributed by atoms with Crippen LogP contribution in [-0.2, 0) is 0 Å². The molecule has 0 saturated heterocycles. The number of thioether (sulfide) groups is 2. The molecule has 1 atom stereocenters. The van der Waals surface area contributed by atoms with Crippen LogP contribution in [0.25, 0.3) is 0 Å². The highest BCUT2D eigenvalue weighted by molar-refractivity contribution is 7.99. The zero-order valence-electron chi connectivity index (χ0n) is 9.80. The van der Waals surface area contributed by atoms with Gasteiger partial charge < -0.3 is 10.6 Å². The Bertz CT molecular complexity index is 121. The second-order valence-electron chi connectivity index (χ2n) is 3.55. The Balaban J connectivity index is 2.99. The third-order valence-corrected chi connectivity index (χ3v) is 3.69. The Kier molecular flexibility index (Phi) is 10.6. The number of hydrogen-bond acceptors (Lipinski definition) is 4. The van der Waals surface area contributed by atoms with Gasteiger partial charge in [-0.1, -0.05) is 13.8 Å². The van der Waals surface area contributed by atoms with Gasteiger partial charge in [-0.2, -0.15) is 11.8 Å². The summed E-state index contributed by atoms with van der Waals surface area (Å²) in [5, 5.41) is 7.45. The van der Waals surface area contributed by atoms with E-state index < -0.39 is 0 Å². The monoisotopic (exact) mass is 236 g/mol. The zero-order valence-corrected chi connectivity index (χ0v) is 11.4. The van der Waals surface area contributed by atoms with Gasteiger partial charge in [-0.15, -0.1) is 11.8 Å². The summed E-state index contributed by atoms with van der Waals surface area (Å²) in [4.78, 5) is 0. The Morgan fingerprint density at radius 2 is 1.57 bits per heavy atom. The van der Waals surface area contributed by atoms with E-state index >= 15 is 0 Å². The molecular weight excluding hydrogens is 212 g/mol. The highest BCUT2D eigenvalue weighted by atomic mass is 32.2. The van der Waals surface area contributed by atoms with Crippen molar-refractivity contribution in [3.05, 3.63) is 0 Å². The average molecular weight is 236 g/mol. The highest BCUT2D eigenvalue weighted by Crippen LogP contribution is 2.01. The fourth-order valence-electron chi connectivity index (χ4n) is 0.940. The fraction of sp³-hybridized carbons (Fsp3) is 1.00. The molecule has 0 radical (unpaired) electrons. The molecule has 0 fully saturated rings. The summed E-state index contributed by atoms with van der Waals surface area (Å²) in [5.74, 6) is 2.43. The lowest BCUT2D eigenvalue weighted by atomic mass is 10.4. The van der Waals surface area contributed by atoms with Crippen LogP contribution in [0.1, 0.15) is 20.8 Å². The lowest BCUT2D eigenvalue weighted by Gasteiger charge is -2.10. The molecule has 1 unspecified atom stereocenters. The van der Waals surface area contributed by atoms with Crippen molar-refractivity contribution in [1.82, 2.24) is 10.6 Å². The van der Waals surface area contributed by atoms with Crippen molar-refractivity contribution in [2.24, 2.45) is 0 Å². The first-order valence-electron chi connectivity index (χ1n) is 5.24. The van der Waals surface area contributed by atoms with Crippen LogP contribution in [0.2, 0.25) is 0 Å². The van der Waals surface area contributed by atoms with Gasteiger partial charge in [0.25, 0.3) is 0 Å². The number of nitrogens with one attached hydrogen (secondary N) is 2. The zero-order chi connectivity index (χ0) is 10.8. The summed E-state index contributed by atoms with van der Waals surface area (Å²) >= 11 is 3.88. The SMILES string of the molecule is CSC(C)NCCSCCNC(C)C. The summed E-state index contributed by atoms with van der Waals surface area (Å²) in [7, 11) is 0. The molecule has 0 aliphatic rings. The van der Waals surface area contributed by atoms with Crippen LogP contribution in [0.15, 0.2) is 0 Å². The van der Waals surface area contributed by atoms with Gasteiger partial charge in [0.15, 0.2) is 0 Å². The van der Waals surface area contributed by atoms with Gasteiger partial charge in [0, 0.05) is 30.6 Å². The lowest BCUT2D eigenvalue weighted by molar-refractivity contribution is 0.616. The molecule has 86 valence electrons. The maximum absolute atomic E-state index is 3.45. The standard InChI is InChI=1S/C10H24N2S2/c1-9(2)11-5-7-14-8-6-12-10(3)13-4/h9-12H,5-8H2,1-4H3. The molecule has 2 nitrogen and oxygen atoms in total. The van der Waals surface area contributed by atoms with E-state index in [2.05, 4.69) is 37.7 Å². The molecular formula is C10H24N2S2. The molecule has 0 amide bonds. The van der Waals surface area contributed by atoms with Gasteiger partial charge in [0.05, 0.1) is 5.37 Å². The van der Waals surface area contributed by atoms with Crippen molar-refractivity contribution < 1.29 is 0 Å². The van der Waals surface area contributed by atoms with Gasteiger partial charge >= 0.3 is 0 Å². The summed E-state index contributed by atoms with van der Waals surface area (Å²) in [6.45, 7) is 8.82. The van der Waals surface area contributed by atoms with Gasteiger partial charge in [-0.3, -0.25) is 0 Å². The molecule has 0 aromatic rings. The second-order valence-corrected chi connectivity index (χ2v) is 5.96. The minimum absolute atomic E-state index is 0.587. The molecule has 2 N–H and O–H groups in total. The molecule has 4 heteroatoms. The van der Waals surface area contributed by atoms with Crippen molar-refractivity contribution in [3.8, 4) is 0 Å². The molecule has 0 saturated carbocycles. The van der Waals surface area contributed by atoms with Gasteiger partial charge in [-0.05, 0) is 13.2 Å². The average Bonchev–Trinajstić information content (AvgIpc) is 2.15. The van der Waals surface area contributed by atoms with Crippen LogP contribution in [-0.4, -0.2) is 42.3 Å². The quantitative estimate of drug-likeness (QED) is 0.472. The Hall–Kier alpha value is 0.620. The summed E-state index contributed by atoms with van der Waals surface area (Å²) in [6, 6.07) is 0.616. The van der Waals surface area contributed by atoms with Crippen LogP contribution in [0, 0.1) is 0 Å². The van der Waals surface area contributed by atoms with Crippen LogP contribution >= 0.6 is 23.5 Å². The van der Waals surface area contributed by atoms with Crippen molar-refractivity contribution in [2.75, 3.05) is 30.9 Å². The predicted octanol–water partition coefficient (Wildman–Crippen LogP) is 2.02. The van der Waals surface area contributed by atoms with E-state index in [0.29, 0.717) is 11.4 Å². The summed E-state index contributed by atoms with van der Waals surface area (Å²) in [6.07, 6.45) is 2.14. The van der Waals surface area contributed by atoms with Crippen LogP contribution in [0.3, 0.4) is 0 Å². The lowest BCUT2D eigenvalue weighted by Crippen LogP contribution is -2.27. The first-order valence-corrected chi connectivity index (χ1v) is 7.68. The molecule has 14 heavy (non-hydrogen) atoms. The number of rotatable bonds is 9. The molecule has 0 heterocycles. The maximum atomic E-state index is 3.45. The van der Waals surface area contributed by atoms with Crippen molar-refractivity contribution in [3.63, 3.8) is 0 Å². The molecule has 0 spiro atoms. The van der Waals surface area contributed by atoms with E-state index in [1.165, 1.54) is 11.5 Å². The van der Waals surface area contributed by atoms with E-state index in [9.17, 15) is 0 Å². The minimum Gasteiger partial charge on any atom is -0.314 e. The number of hydrogen-bond donors (Lipinski definition) is 2. The van der Waals surface area contributed by atoms with Crippen molar-refractivity contribution >= 4 is 23.5 Å². The Morgan fingerprint density at radius 3 is 2.07 bits per heavy atom. The second kappa shape index (κ2) is 10.1. The summed E-state index contributed by atoms with van der Waals surface area (Å²) in [5.41, 5.74) is 0. The summed E-state index contributed by atoms with van der Waals surface area (Å²) < 4.78 is 0. The van der Waals surface area contributed by atoms with E-state index in [0.717, 1.165) is 13.1 Å². The first-order chi connectivity index (χ1) is 6.66. The highest BCUT2D eigenvalue weighted by Gasteiger charge is 1.96. The normalized spacial score (nSPS) is 13.5. The third kappa shape index (κ3) is 10.7. The molecule has 0 aromatic carbocycles. The largest absolute Gasteiger partial charge is 0.314 e. The van der Waals surface area contributed by atoms with Gasteiger partial charge in [0.2, 0.25) is 0 Å². The minimum atomic E-state index is 0.587. The maximum Gasteiger partial charge on any atom is 0.0500 e. The Morgan fingerprint density at radius 1 is 1.00 bits per heavy atom.